The van der Waals surface area contributed by atoms with Gasteiger partial charge in [-0.05, 0) is 12.5 Å². The van der Waals surface area contributed by atoms with Crippen molar-refractivity contribution in [3.05, 3.63) is 35.6 Å². The van der Waals surface area contributed by atoms with Crippen LogP contribution in [0.15, 0.2) is 22.8 Å². The highest BCUT2D eigenvalue weighted by Crippen LogP contribution is 2.26. The van der Waals surface area contributed by atoms with Crippen molar-refractivity contribution in [2.75, 3.05) is 32.7 Å². The van der Waals surface area contributed by atoms with Gasteiger partial charge in [-0.25, -0.2) is 8.78 Å². The molecule has 1 N–H and O–H groups in total. The number of furan rings is 1. The number of nitrogens with one attached hydrogen (secondary N) is 1. The summed E-state index contributed by atoms with van der Waals surface area (Å²) in [5.41, 5.74) is 0.695. The van der Waals surface area contributed by atoms with Gasteiger partial charge in [0.15, 0.2) is 11.4 Å². The second kappa shape index (κ2) is 5.27. The van der Waals surface area contributed by atoms with Crippen molar-refractivity contribution in [1.82, 2.24) is 10.2 Å². The minimum atomic E-state index is -0.636. The molecule has 0 atom stereocenters. The molecule has 1 aromatic carbocycles. The van der Waals surface area contributed by atoms with Gasteiger partial charge >= 0.3 is 0 Å². The Kier molecular flexibility index (Phi) is 3.48. The summed E-state index contributed by atoms with van der Waals surface area (Å²) in [5.74, 6) is -1.12. The molecule has 2 heterocycles. The zero-order valence-corrected chi connectivity index (χ0v) is 10.6. The molecule has 102 valence electrons. The Morgan fingerprint density at radius 1 is 1.21 bits per heavy atom. The van der Waals surface area contributed by atoms with E-state index in [4.69, 9.17) is 4.42 Å². The lowest BCUT2D eigenvalue weighted by Gasteiger charge is -2.27. The molecule has 0 aliphatic carbocycles. The van der Waals surface area contributed by atoms with Gasteiger partial charge in [-0.1, -0.05) is 0 Å². The van der Waals surface area contributed by atoms with Crippen LogP contribution in [0.3, 0.4) is 0 Å². The number of fused-ring (bicyclic) bond motifs is 1. The first-order valence-corrected chi connectivity index (χ1v) is 6.53. The summed E-state index contributed by atoms with van der Waals surface area (Å²) in [7, 11) is 0. The van der Waals surface area contributed by atoms with Gasteiger partial charge in [0, 0.05) is 49.7 Å². The summed E-state index contributed by atoms with van der Waals surface area (Å²) < 4.78 is 32.5. The fourth-order valence-electron chi connectivity index (χ4n) is 2.58. The molecule has 0 radical (unpaired) electrons. The van der Waals surface area contributed by atoms with Gasteiger partial charge in [-0.2, -0.15) is 0 Å². The molecule has 1 aliphatic heterocycles. The van der Waals surface area contributed by atoms with E-state index in [-0.39, 0.29) is 5.58 Å². The summed E-state index contributed by atoms with van der Waals surface area (Å²) >= 11 is 0. The molecule has 0 amide bonds. The summed E-state index contributed by atoms with van der Waals surface area (Å²) in [6, 6.07) is 2.55. The Bertz CT molecular complexity index is 576. The van der Waals surface area contributed by atoms with E-state index in [9.17, 15) is 8.78 Å². The fraction of sp³-hybridized carbons (Fsp3) is 0.429. The minimum absolute atomic E-state index is 0.150. The van der Waals surface area contributed by atoms with E-state index in [1.165, 1.54) is 6.26 Å². The van der Waals surface area contributed by atoms with Crippen molar-refractivity contribution in [3.63, 3.8) is 0 Å². The number of benzene rings is 1. The second-order valence-electron chi connectivity index (χ2n) is 4.82. The number of nitrogens with zero attached hydrogens (tertiary/aromatic N) is 1. The molecule has 1 aromatic heterocycles. The van der Waals surface area contributed by atoms with Crippen LogP contribution in [0.5, 0.6) is 0 Å². The third-order valence-corrected chi connectivity index (χ3v) is 3.64. The highest BCUT2D eigenvalue weighted by Gasteiger charge is 2.16. The quantitative estimate of drug-likeness (QED) is 0.923. The van der Waals surface area contributed by atoms with Crippen LogP contribution < -0.4 is 5.32 Å². The van der Waals surface area contributed by atoms with E-state index < -0.39 is 11.6 Å². The molecule has 0 spiro atoms. The van der Waals surface area contributed by atoms with Crippen molar-refractivity contribution in [3.8, 4) is 0 Å². The van der Waals surface area contributed by atoms with E-state index in [0.717, 1.165) is 38.8 Å². The maximum absolute atomic E-state index is 13.9. The standard InChI is InChI=1S/C14H16F2N2O/c15-12-9-13(16)14-11(2-8-19-14)10(12)1-5-18-6-3-17-4-7-18/h2,8-9,17H,1,3-7H2. The monoisotopic (exact) mass is 266 g/mol. The third kappa shape index (κ3) is 2.48. The molecule has 0 saturated carbocycles. The van der Waals surface area contributed by atoms with Crippen LogP contribution in [0.4, 0.5) is 8.78 Å². The molecular formula is C14H16F2N2O. The highest BCUT2D eigenvalue weighted by molar-refractivity contribution is 5.81. The van der Waals surface area contributed by atoms with Gasteiger partial charge in [-0.15, -0.1) is 0 Å². The van der Waals surface area contributed by atoms with E-state index in [1.54, 1.807) is 6.07 Å². The van der Waals surface area contributed by atoms with E-state index >= 15 is 0 Å². The molecule has 3 rings (SSSR count). The summed E-state index contributed by atoms with van der Waals surface area (Å²) in [4.78, 5) is 2.28. The maximum atomic E-state index is 13.9. The van der Waals surface area contributed by atoms with Gasteiger partial charge in [0.25, 0.3) is 0 Å². The van der Waals surface area contributed by atoms with Gasteiger partial charge < -0.3 is 14.6 Å². The lowest BCUT2D eigenvalue weighted by atomic mass is 10.1. The Labute approximate surface area is 110 Å². The first-order chi connectivity index (χ1) is 9.25. The summed E-state index contributed by atoms with van der Waals surface area (Å²) in [5, 5.41) is 3.83. The van der Waals surface area contributed by atoms with Crippen molar-refractivity contribution < 1.29 is 13.2 Å². The number of hydrogen-bond acceptors (Lipinski definition) is 3. The Hall–Kier alpha value is -1.46. The Morgan fingerprint density at radius 3 is 2.79 bits per heavy atom. The van der Waals surface area contributed by atoms with Gasteiger partial charge in [0.1, 0.15) is 5.82 Å². The second-order valence-corrected chi connectivity index (χ2v) is 4.82. The van der Waals surface area contributed by atoms with E-state index in [1.807, 2.05) is 0 Å². The zero-order valence-electron chi connectivity index (χ0n) is 10.6. The van der Waals surface area contributed by atoms with Crippen molar-refractivity contribution in [2.45, 2.75) is 6.42 Å². The van der Waals surface area contributed by atoms with Crippen LogP contribution in [0.2, 0.25) is 0 Å². The summed E-state index contributed by atoms with van der Waals surface area (Å²) in [6.45, 7) is 4.65. The Morgan fingerprint density at radius 2 is 2.00 bits per heavy atom. The van der Waals surface area contributed by atoms with E-state index in [0.29, 0.717) is 17.4 Å². The van der Waals surface area contributed by atoms with Crippen LogP contribution in [0.1, 0.15) is 5.56 Å². The normalized spacial score (nSPS) is 17.2. The van der Waals surface area contributed by atoms with Crippen LogP contribution in [-0.4, -0.2) is 37.6 Å². The van der Waals surface area contributed by atoms with Gasteiger partial charge in [0.2, 0.25) is 0 Å². The Balaban J connectivity index is 1.81. The van der Waals surface area contributed by atoms with Crippen LogP contribution in [0.25, 0.3) is 11.0 Å². The first-order valence-electron chi connectivity index (χ1n) is 6.53. The molecule has 0 unspecified atom stereocenters. The average Bonchev–Trinajstić information content (AvgIpc) is 2.89. The lowest BCUT2D eigenvalue weighted by molar-refractivity contribution is 0.243. The molecule has 1 saturated heterocycles. The van der Waals surface area contributed by atoms with Crippen LogP contribution >= 0.6 is 0 Å². The van der Waals surface area contributed by atoms with Crippen LogP contribution in [-0.2, 0) is 6.42 Å². The number of piperazine rings is 1. The SMILES string of the molecule is Fc1cc(F)c2occc2c1CCN1CCNCC1. The molecule has 2 aromatic rings. The van der Waals surface area contributed by atoms with E-state index in [2.05, 4.69) is 10.2 Å². The molecule has 1 fully saturated rings. The molecule has 1 aliphatic rings. The predicted molar refractivity (Wildman–Crippen MR) is 69.1 cm³/mol. The predicted octanol–water partition coefficient (Wildman–Crippen LogP) is 2.16. The van der Waals surface area contributed by atoms with Gasteiger partial charge in [-0.3, -0.25) is 0 Å². The minimum Gasteiger partial charge on any atom is -0.461 e. The molecule has 0 bridgehead atoms. The molecule has 5 heteroatoms. The fourth-order valence-corrected chi connectivity index (χ4v) is 2.58. The maximum Gasteiger partial charge on any atom is 0.169 e. The number of hydrogen-bond donors (Lipinski definition) is 1. The number of rotatable bonds is 3. The molecule has 19 heavy (non-hydrogen) atoms. The largest absolute Gasteiger partial charge is 0.461 e. The lowest BCUT2D eigenvalue weighted by Crippen LogP contribution is -2.44. The van der Waals surface area contributed by atoms with Crippen molar-refractivity contribution in [2.24, 2.45) is 0 Å². The smallest absolute Gasteiger partial charge is 0.169 e. The van der Waals surface area contributed by atoms with Crippen LogP contribution in [0, 0.1) is 11.6 Å². The van der Waals surface area contributed by atoms with Gasteiger partial charge in [0.05, 0.1) is 6.26 Å². The summed E-state index contributed by atoms with van der Waals surface area (Å²) in [6.07, 6.45) is 1.98. The van der Waals surface area contributed by atoms with Crippen molar-refractivity contribution in [1.29, 1.82) is 0 Å². The first kappa shape index (κ1) is 12.6. The highest BCUT2D eigenvalue weighted by atomic mass is 19.1. The molecular weight excluding hydrogens is 250 g/mol. The topological polar surface area (TPSA) is 28.4 Å². The number of halogens is 2. The third-order valence-electron chi connectivity index (χ3n) is 3.64. The zero-order chi connectivity index (χ0) is 13.2. The molecule has 3 nitrogen and oxygen atoms in total. The average molecular weight is 266 g/mol. The van der Waals surface area contributed by atoms with Crippen molar-refractivity contribution >= 4 is 11.0 Å².